The summed E-state index contributed by atoms with van der Waals surface area (Å²) in [6.07, 6.45) is 9.08. The van der Waals surface area contributed by atoms with Gasteiger partial charge in [0.1, 0.15) is 12.2 Å². The van der Waals surface area contributed by atoms with E-state index in [-0.39, 0.29) is 35.0 Å². The van der Waals surface area contributed by atoms with Crippen molar-refractivity contribution in [1.82, 2.24) is 0 Å². The Labute approximate surface area is 227 Å². The third kappa shape index (κ3) is 4.28. The van der Waals surface area contributed by atoms with Crippen molar-refractivity contribution in [3.8, 4) is 0 Å². The molecule has 2 aromatic rings. The Balaban J connectivity index is 1.14. The van der Waals surface area contributed by atoms with Crippen molar-refractivity contribution in [3.05, 3.63) is 71.8 Å². The molecule has 4 fully saturated rings. The molecule has 0 aliphatic heterocycles. The molecule has 4 aliphatic rings. The summed E-state index contributed by atoms with van der Waals surface area (Å²) >= 11 is 0. The molecule has 202 valence electrons. The number of benzene rings is 2. The van der Waals surface area contributed by atoms with Crippen molar-refractivity contribution in [2.45, 2.75) is 84.3 Å². The van der Waals surface area contributed by atoms with Crippen molar-refractivity contribution in [1.29, 1.82) is 0 Å². The van der Waals surface area contributed by atoms with Crippen LogP contribution < -0.4 is 0 Å². The van der Waals surface area contributed by atoms with Crippen LogP contribution in [0.5, 0.6) is 0 Å². The molecule has 0 saturated heterocycles. The number of carbonyl (C=O) groups is 2. The van der Waals surface area contributed by atoms with Crippen molar-refractivity contribution >= 4 is 11.9 Å². The Hall–Kier alpha value is -2.62. The Kier molecular flexibility index (Phi) is 6.64. The lowest BCUT2D eigenvalue weighted by molar-refractivity contribution is -0.147. The van der Waals surface area contributed by atoms with E-state index in [1.165, 1.54) is 19.3 Å². The topological polar surface area (TPSA) is 52.6 Å². The van der Waals surface area contributed by atoms with Gasteiger partial charge in [-0.15, -0.1) is 0 Å². The molecule has 4 nitrogen and oxygen atoms in total. The van der Waals surface area contributed by atoms with Gasteiger partial charge >= 0.3 is 11.9 Å². The van der Waals surface area contributed by atoms with E-state index in [9.17, 15) is 9.59 Å². The second-order valence-corrected chi connectivity index (χ2v) is 13.3. The van der Waals surface area contributed by atoms with Crippen molar-refractivity contribution in [2.24, 2.45) is 40.4 Å². The molecule has 38 heavy (non-hydrogen) atoms. The number of hydrogen-bond acceptors (Lipinski definition) is 4. The molecule has 0 N–H and O–H groups in total. The average molecular weight is 515 g/mol. The summed E-state index contributed by atoms with van der Waals surface area (Å²) in [6.45, 7) is 7.24. The van der Waals surface area contributed by atoms with Crippen molar-refractivity contribution < 1.29 is 19.1 Å². The number of esters is 2. The van der Waals surface area contributed by atoms with Gasteiger partial charge in [-0.3, -0.25) is 0 Å². The first-order chi connectivity index (χ1) is 18.3. The molecule has 3 unspecified atom stereocenters. The number of fused-ring (bicyclic) bond motifs is 5. The molecule has 4 saturated carbocycles. The first kappa shape index (κ1) is 25.6. The van der Waals surface area contributed by atoms with Crippen LogP contribution in [-0.2, 0) is 9.47 Å². The van der Waals surface area contributed by atoms with Gasteiger partial charge in [-0.05, 0) is 111 Å². The summed E-state index contributed by atoms with van der Waals surface area (Å²) in [7, 11) is 0. The lowest BCUT2D eigenvalue weighted by atomic mass is 9.44. The SMILES string of the molecule is C[C@@H]1C[C@]2(C)C3CC[C@@]4(C)C(CC[C@@H]4OC(=O)c4ccccc4)C3CC[C@H]2C[C@H]1OC(=O)c1ccccc1. The second-order valence-electron chi connectivity index (χ2n) is 13.3. The van der Waals surface area contributed by atoms with Gasteiger partial charge in [-0.25, -0.2) is 9.59 Å². The maximum atomic E-state index is 12.9. The fraction of sp³-hybridized carbons (Fsp3) is 0.588. The number of ether oxygens (including phenoxy) is 2. The molecule has 0 radical (unpaired) electrons. The lowest BCUT2D eigenvalue weighted by Crippen LogP contribution is -2.56. The first-order valence-corrected chi connectivity index (χ1v) is 14.8. The van der Waals surface area contributed by atoms with E-state index >= 15 is 0 Å². The number of hydrogen-bond donors (Lipinski definition) is 0. The van der Waals surface area contributed by atoms with Gasteiger partial charge in [0.05, 0.1) is 11.1 Å². The molecular formula is C34H42O4. The molecule has 9 atom stereocenters. The van der Waals surface area contributed by atoms with E-state index in [1.54, 1.807) is 0 Å². The zero-order valence-corrected chi connectivity index (χ0v) is 23.1. The van der Waals surface area contributed by atoms with E-state index in [0.29, 0.717) is 40.7 Å². The summed E-state index contributed by atoms with van der Waals surface area (Å²) in [5.41, 5.74) is 1.66. The van der Waals surface area contributed by atoms with Gasteiger partial charge in [0, 0.05) is 5.41 Å². The highest BCUT2D eigenvalue weighted by atomic mass is 16.5. The molecule has 4 aliphatic carbocycles. The molecule has 0 spiro atoms. The summed E-state index contributed by atoms with van der Waals surface area (Å²) in [4.78, 5) is 25.7. The normalized spacial score (nSPS) is 39.8. The summed E-state index contributed by atoms with van der Waals surface area (Å²) in [5.74, 6) is 2.63. The zero-order chi connectivity index (χ0) is 26.5. The average Bonchev–Trinajstić information content (AvgIpc) is 3.26. The van der Waals surface area contributed by atoms with Crippen LogP contribution in [0.2, 0.25) is 0 Å². The smallest absolute Gasteiger partial charge is 0.338 e. The molecule has 0 heterocycles. The van der Waals surface area contributed by atoms with Gasteiger partial charge < -0.3 is 9.47 Å². The molecule has 2 aromatic carbocycles. The van der Waals surface area contributed by atoms with Crippen LogP contribution in [0.3, 0.4) is 0 Å². The van der Waals surface area contributed by atoms with E-state index in [2.05, 4.69) is 20.8 Å². The molecule has 0 bridgehead atoms. The van der Waals surface area contributed by atoms with Crippen LogP contribution in [0.4, 0.5) is 0 Å². The van der Waals surface area contributed by atoms with Gasteiger partial charge in [0.2, 0.25) is 0 Å². The second kappa shape index (κ2) is 9.84. The van der Waals surface area contributed by atoms with Crippen LogP contribution in [0.25, 0.3) is 0 Å². The highest BCUT2D eigenvalue weighted by Gasteiger charge is 2.62. The van der Waals surface area contributed by atoms with E-state index in [0.717, 1.165) is 32.1 Å². The maximum Gasteiger partial charge on any atom is 0.338 e. The van der Waals surface area contributed by atoms with Gasteiger partial charge in [-0.1, -0.05) is 57.2 Å². The Morgan fingerprint density at radius 3 is 2.00 bits per heavy atom. The quantitative estimate of drug-likeness (QED) is 0.392. The zero-order valence-electron chi connectivity index (χ0n) is 23.1. The molecule has 4 heteroatoms. The highest BCUT2D eigenvalue weighted by Crippen LogP contribution is 2.67. The van der Waals surface area contributed by atoms with Gasteiger partial charge in [0.25, 0.3) is 0 Å². The third-order valence-corrected chi connectivity index (χ3v) is 11.4. The van der Waals surface area contributed by atoms with Crippen LogP contribution in [-0.4, -0.2) is 24.1 Å². The van der Waals surface area contributed by atoms with Crippen LogP contribution >= 0.6 is 0 Å². The Morgan fingerprint density at radius 2 is 1.34 bits per heavy atom. The fourth-order valence-electron chi connectivity index (χ4n) is 9.44. The van der Waals surface area contributed by atoms with Crippen molar-refractivity contribution in [2.75, 3.05) is 0 Å². The highest BCUT2D eigenvalue weighted by molar-refractivity contribution is 5.90. The van der Waals surface area contributed by atoms with E-state index in [4.69, 9.17) is 9.47 Å². The predicted octanol–water partition coefficient (Wildman–Crippen LogP) is 7.73. The Morgan fingerprint density at radius 1 is 0.737 bits per heavy atom. The minimum absolute atomic E-state index is 0.000512. The molecule has 0 aromatic heterocycles. The van der Waals surface area contributed by atoms with Crippen LogP contribution in [0, 0.1) is 40.4 Å². The van der Waals surface area contributed by atoms with Crippen LogP contribution in [0.1, 0.15) is 92.9 Å². The minimum atomic E-state index is -0.185. The van der Waals surface area contributed by atoms with Gasteiger partial charge in [0.15, 0.2) is 0 Å². The summed E-state index contributed by atoms with van der Waals surface area (Å²) < 4.78 is 12.3. The molecular weight excluding hydrogens is 472 g/mol. The standard InChI is InChI=1S/C34H42O4/c1-22-21-34(3)25(20-29(22)37-31(35)23-10-6-4-7-11-23)14-15-26-27-16-17-30(33(27,2)19-18-28(26)34)38-32(36)24-12-8-5-9-13-24/h4-13,22,25-30H,14-21H2,1-3H3/t22-,25+,26?,27?,28?,29-,30+,33+,34+/m1/s1. The number of rotatable bonds is 4. The predicted molar refractivity (Wildman–Crippen MR) is 148 cm³/mol. The maximum absolute atomic E-state index is 12.9. The van der Waals surface area contributed by atoms with E-state index < -0.39 is 0 Å². The molecule has 0 amide bonds. The van der Waals surface area contributed by atoms with Crippen molar-refractivity contribution in [3.63, 3.8) is 0 Å². The molecule has 6 rings (SSSR count). The number of carbonyl (C=O) groups excluding carboxylic acids is 2. The van der Waals surface area contributed by atoms with Crippen LogP contribution in [0.15, 0.2) is 60.7 Å². The monoisotopic (exact) mass is 514 g/mol. The largest absolute Gasteiger partial charge is 0.458 e. The Bertz CT molecular complexity index is 1160. The van der Waals surface area contributed by atoms with E-state index in [1.807, 2.05) is 60.7 Å². The third-order valence-electron chi connectivity index (χ3n) is 11.4. The van der Waals surface area contributed by atoms with Gasteiger partial charge in [-0.2, -0.15) is 0 Å². The first-order valence-electron chi connectivity index (χ1n) is 14.8. The lowest BCUT2D eigenvalue weighted by Gasteiger charge is -2.61. The fourth-order valence-corrected chi connectivity index (χ4v) is 9.44. The minimum Gasteiger partial charge on any atom is -0.458 e. The summed E-state index contributed by atoms with van der Waals surface area (Å²) in [6, 6.07) is 18.8. The summed E-state index contributed by atoms with van der Waals surface area (Å²) in [5, 5.41) is 0.